The first-order valence-electron chi connectivity index (χ1n) is 9.21. The standard InChI is InChI=1S/C19H25N3O5S/c1-18(10-11-28(26,27)13-18)20-15(23)12-22-16(24)19(2,21-17(22)25)9-8-14-6-4-3-5-7-14/h3-7H,8-13H2,1-2H3,(H,20,23)(H,21,25). The van der Waals surface area contributed by atoms with Gasteiger partial charge in [0, 0.05) is 0 Å². The summed E-state index contributed by atoms with van der Waals surface area (Å²) < 4.78 is 23.3. The fourth-order valence-electron chi connectivity index (χ4n) is 3.73. The highest BCUT2D eigenvalue weighted by atomic mass is 32.2. The number of urea groups is 1. The lowest BCUT2D eigenvalue weighted by Crippen LogP contribution is -2.51. The van der Waals surface area contributed by atoms with Crippen molar-refractivity contribution in [3.8, 4) is 0 Å². The van der Waals surface area contributed by atoms with Crippen molar-refractivity contribution in [3.63, 3.8) is 0 Å². The van der Waals surface area contributed by atoms with E-state index in [9.17, 15) is 22.8 Å². The van der Waals surface area contributed by atoms with Gasteiger partial charge in [-0.3, -0.25) is 14.5 Å². The second-order valence-corrected chi connectivity index (χ2v) is 10.3. The van der Waals surface area contributed by atoms with Crippen LogP contribution in [0.5, 0.6) is 0 Å². The van der Waals surface area contributed by atoms with E-state index >= 15 is 0 Å². The van der Waals surface area contributed by atoms with Crippen LogP contribution in [0.3, 0.4) is 0 Å². The topological polar surface area (TPSA) is 113 Å². The number of carbonyl (C=O) groups is 3. The number of nitrogens with zero attached hydrogens (tertiary/aromatic N) is 1. The van der Waals surface area contributed by atoms with Crippen molar-refractivity contribution >= 4 is 27.7 Å². The number of hydrogen-bond donors (Lipinski definition) is 2. The molecule has 2 unspecified atom stereocenters. The lowest BCUT2D eigenvalue weighted by Gasteiger charge is -2.25. The van der Waals surface area contributed by atoms with Crippen molar-refractivity contribution in [1.29, 1.82) is 0 Å². The van der Waals surface area contributed by atoms with Crippen LogP contribution in [0.2, 0.25) is 0 Å². The summed E-state index contributed by atoms with van der Waals surface area (Å²) in [5.41, 5.74) is -0.892. The van der Waals surface area contributed by atoms with Gasteiger partial charge in [0.05, 0.1) is 17.0 Å². The van der Waals surface area contributed by atoms with Crippen LogP contribution in [-0.2, 0) is 25.8 Å². The highest BCUT2D eigenvalue weighted by Gasteiger charge is 2.48. The molecule has 8 nitrogen and oxygen atoms in total. The Labute approximate surface area is 164 Å². The molecule has 152 valence electrons. The molecule has 0 spiro atoms. The Morgan fingerprint density at radius 3 is 2.50 bits per heavy atom. The van der Waals surface area contributed by atoms with Crippen molar-refractivity contribution in [2.24, 2.45) is 0 Å². The minimum absolute atomic E-state index is 0.0183. The Kier molecular flexibility index (Phi) is 5.22. The zero-order chi connectivity index (χ0) is 20.6. The van der Waals surface area contributed by atoms with Gasteiger partial charge in [-0.2, -0.15) is 0 Å². The first-order valence-corrected chi connectivity index (χ1v) is 11.0. The molecule has 1 aromatic carbocycles. The summed E-state index contributed by atoms with van der Waals surface area (Å²) in [6.07, 6.45) is 1.34. The zero-order valence-corrected chi connectivity index (χ0v) is 16.8. The van der Waals surface area contributed by atoms with Crippen LogP contribution in [-0.4, -0.2) is 60.3 Å². The molecule has 2 aliphatic heterocycles. The van der Waals surface area contributed by atoms with Gasteiger partial charge in [-0.15, -0.1) is 0 Å². The SMILES string of the molecule is CC1(NC(=O)CN2C(=O)NC(C)(CCc3ccccc3)C2=O)CCS(=O)(=O)C1. The predicted molar refractivity (Wildman–Crippen MR) is 103 cm³/mol. The highest BCUT2D eigenvalue weighted by molar-refractivity contribution is 7.91. The second kappa shape index (κ2) is 7.20. The molecule has 28 heavy (non-hydrogen) atoms. The van der Waals surface area contributed by atoms with Crippen LogP contribution in [0.15, 0.2) is 30.3 Å². The Hall–Kier alpha value is -2.42. The fourth-order valence-corrected chi connectivity index (χ4v) is 5.82. The number of nitrogens with one attached hydrogen (secondary N) is 2. The van der Waals surface area contributed by atoms with Gasteiger partial charge in [0.2, 0.25) is 5.91 Å². The maximum absolute atomic E-state index is 12.8. The molecular formula is C19H25N3O5S. The maximum atomic E-state index is 12.8. The minimum Gasteiger partial charge on any atom is -0.348 e. The normalized spacial score (nSPS) is 29.0. The number of amides is 4. The second-order valence-electron chi connectivity index (χ2n) is 8.09. The summed E-state index contributed by atoms with van der Waals surface area (Å²) in [4.78, 5) is 38.3. The van der Waals surface area contributed by atoms with Crippen LogP contribution in [0.4, 0.5) is 4.79 Å². The molecule has 2 atom stereocenters. The summed E-state index contributed by atoms with van der Waals surface area (Å²) in [6.45, 7) is 2.88. The van der Waals surface area contributed by atoms with E-state index in [0.29, 0.717) is 19.3 Å². The van der Waals surface area contributed by atoms with Crippen LogP contribution >= 0.6 is 0 Å². The van der Waals surface area contributed by atoms with Gasteiger partial charge in [-0.1, -0.05) is 30.3 Å². The van der Waals surface area contributed by atoms with E-state index in [-0.39, 0.29) is 11.5 Å². The van der Waals surface area contributed by atoms with Crippen LogP contribution in [0.25, 0.3) is 0 Å². The van der Waals surface area contributed by atoms with Crippen molar-refractivity contribution in [1.82, 2.24) is 15.5 Å². The number of hydrogen-bond acceptors (Lipinski definition) is 5. The van der Waals surface area contributed by atoms with Crippen LogP contribution < -0.4 is 10.6 Å². The average Bonchev–Trinajstić information content (AvgIpc) is 3.01. The smallest absolute Gasteiger partial charge is 0.325 e. The summed E-state index contributed by atoms with van der Waals surface area (Å²) in [7, 11) is -3.18. The van der Waals surface area contributed by atoms with Crippen molar-refractivity contribution < 1.29 is 22.8 Å². The summed E-state index contributed by atoms with van der Waals surface area (Å²) in [5, 5.41) is 5.36. The fraction of sp³-hybridized carbons (Fsp3) is 0.526. The van der Waals surface area contributed by atoms with Gasteiger partial charge in [0.1, 0.15) is 12.1 Å². The van der Waals surface area contributed by atoms with Crippen molar-refractivity contribution in [2.75, 3.05) is 18.1 Å². The summed E-state index contributed by atoms with van der Waals surface area (Å²) in [5.74, 6) is -1.12. The Bertz CT molecular complexity index is 901. The van der Waals surface area contributed by atoms with Gasteiger partial charge < -0.3 is 10.6 Å². The van der Waals surface area contributed by atoms with Gasteiger partial charge in [0.15, 0.2) is 9.84 Å². The first kappa shape index (κ1) is 20.3. The van der Waals surface area contributed by atoms with Gasteiger partial charge >= 0.3 is 6.03 Å². The molecular weight excluding hydrogens is 382 g/mol. The summed E-state index contributed by atoms with van der Waals surface area (Å²) >= 11 is 0. The molecule has 1 aromatic rings. The number of sulfone groups is 1. The molecule has 2 aliphatic rings. The number of imide groups is 1. The highest BCUT2D eigenvalue weighted by Crippen LogP contribution is 2.25. The average molecular weight is 407 g/mol. The summed E-state index contributed by atoms with van der Waals surface area (Å²) in [6, 6.07) is 9.02. The quantitative estimate of drug-likeness (QED) is 0.672. The lowest BCUT2D eigenvalue weighted by molar-refractivity contribution is -0.135. The third-order valence-electron chi connectivity index (χ3n) is 5.35. The molecule has 2 fully saturated rings. The Morgan fingerprint density at radius 2 is 1.89 bits per heavy atom. The van der Waals surface area contributed by atoms with Crippen molar-refractivity contribution in [2.45, 2.75) is 44.2 Å². The first-order chi connectivity index (χ1) is 13.0. The van der Waals surface area contributed by atoms with Gasteiger partial charge in [-0.05, 0) is 38.7 Å². The largest absolute Gasteiger partial charge is 0.348 e. The van der Waals surface area contributed by atoms with Gasteiger partial charge in [-0.25, -0.2) is 13.2 Å². The molecule has 0 saturated carbocycles. The Morgan fingerprint density at radius 1 is 1.21 bits per heavy atom. The number of benzene rings is 1. The van der Waals surface area contributed by atoms with E-state index in [0.717, 1.165) is 10.5 Å². The molecule has 0 aromatic heterocycles. The molecule has 2 heterocycles. The molecule has 3 rings (SSSR count). The number of rotatable bonds is 6. The molecule has 4 amide bonds. The van der Waals surface area contributed by atoms with Crippen LogP contribution in [0, 0.1) is 0 Å². The molecule has 0 bridgehead atoms. The van der Waals surface area contributed by atoms with E-state index in [2.05, 4.69) is 10.6 Å². The molecule has 2 saturated heterocycles. The monoisotopic (exact) mass is 407 g/mol. The Balaban J connectivity index is 1.61. The number of carbonyl (C=O) groups excluding carboxylic acids is 3. The third kappa shape index (κ3) is 4.35. The maximum Gasteiger partial charge on any atom is 0.325 e. The van der Waals surface area contributed by atoms with Crippen molar-refractivity contribution in [3.05, 3.63) is 35.9 Å². The predicted octanol–water partition coefficient (Wildman–Crippen LogP) is 0.623. The minimum atomic E-state index is -3.18. The third-order valence-corrected chi connectivity index (χ3v) is 7.25. The van der Waals surface area contributed by atoms with E-state index in [4.69, 9.17) is 0 Å². The molecule has 0 aliphatic carbocycles. The van der Waals surface area contributed by atoms with Crippen LogP contribution in [0.1, 0.15) is 32.3 Å². The van der Waals surface area contributed by atoms with E-state index in [1.165, 1.54) is 0 Å². The zero-order valence-electron chi connectivity index (χ0n) is 16.0. The van der Waals surface area contributed by atoms with E-state index in [1.807, 2.05) is 30.3 Å². The van der Waals surface area contributed by atoms with E-state index < -0.39 is 45.3 Å². The van der Waals surface area contributed by atoms with Gasteiger partial charge in [0.25, 0.3) is 5.91 Å². The number of aryl methyl sites for hydroxylation is 1. The van der Waals surface area contributed by atoms with E-state index in [1.54, 1.807) is 13.8 Å². The molecule has 0 radical (unpaired) electrons. The molecule has 2 N–H and O–H groups in total. The lowest BCUT2D eigenvalue weighted by atomic mass is 9.93. The molecule has 9 heteroatoms.